The second kappa shape index (κ2) is 11.0. The molecule has 1 radical (unpaired) electrons. The summed E-state index contributed by atoms with van der Waals surface area (Å²) < 4.78 is 27.9. The Balaban J connectivity index is 2.07. The van der Waals surface area contributed by atoms with Crippen LogP contribution in [0.15, 0.2) is 64.6 Å². The molecule has 35 heavy (non-hydrogen) atoms. The smallest absolute Gasteiger partial charge is 0.272 e. The monoisotopic (exact) mass is 499 g/mol. The standard InChI is InChI=1S/C25H31N4O5S/c1-17(2)16-21(26)24(30)28-15-7-10-22(28)25(31)29(35(33,34)20-8-5-4-6-9-20)23(27-32)19-13-11-18(3)12-14-19/h4-6,8-9,11-14,17,21-22,32H,3,7,10,15-16,26H2,1-2H3/t21?,22-/m0/s1. The molecule has 3 N–H and O–H groups in total. The number of carbonyl (C=O) groups excluding carboxylic acids is 2. The van der Waals surface area contributed by atoms with Gasteiger partial charge in [-0.25, -0.2) is 8.42 Å². The predicted octanol–water partition coefficient (Wildman–Crippen LogP) is 2.59. The molecule has 1 heterocycles. The Labute approximate surface area is 206 Å². The Morgan fingerprint density at radius 3 is 2.37 bits per heavy atom. The summed E-state index contributed by atoms with van der Waals surface area (Å²) in [6.07, 6.45) is 1.21. The number of oxime groups is 1. The quantitative estimate of drug-likeness (QED) is 0.260. The van der Waals surface area contributed by atoms with Gasteiger partial charge in [0.05, 0.1) is 10.9 Å². The predicted molar refractivity (Wildman–Crippen MR) is 132 cm³/mol. The molecule has 1 fully saturated rings. The van der Waals surface area contributed by atoms with Gasteiger partial charge in [-0.1, -0.05) is 61.5 Å². The molecule has 0 aromatic heterocycles. The van der Waals surface area contributed by atoms with Crippen LogP contribution in [-0.4, -0.2) is 59.1 Å². The highest BCUT2D eigenvalue weighted by atomic mass is 32.2. The molecule has 1 saturated heterocycles. The molecule has 2 aromatic rings. The molecule has 0 bridgehead atoms. The minimum Gasteiger partial charge on any atom is -0.409 e. The van der Waals surface area contributed by atoms with Crippen molar-refractivity contribution in [3.05, 3.63) is 72.6 Å². The fourth-order valence-corrected chi connectivity index (χ4v) is 5.59. The van der Waals surface area contributed by atoms with Gasteiger partial charge in [0, 0.05) is 12.1 Å². The summed E-state index contributed by atoms with van der Waals surface area (Å²) >= 11 is 0. The molecular weight excluding hydrogens is 468 g/mol. The van der Waals surface area contributed by atoms with Gasteiger partial charge < -0.3 is 15.8 Å². The van der Waals surface area contributed by atoms with E-state index >= 15 is 0 Å². The van der Waals surface area contributed by atoms with E-state index in [1.54, 1.807) is 18.2 Å². The molecule has 0 aliphatic carbocycles. The maximum atomic E-state index is 13.9. The van der Waals surface area contributed by atoms with Crippen molar-refractivity contribution in [1.82, 2.24) is 9.21 Å². The first-order valence-corrected chi connectivity index (χ1v) is 12.9. The topological polar surface area (TPSA) is 133 Å². The van der Waals surface area contributed by atoms with Gasteiger partial charge in [-0.2, -0.15) is 4.31 Å². The summed E-state index contributed by atoms with van der Waals surface area (Å²) in [4.78, 5) is 28.1. The Kier molecular flexibility index (Phi) is 8.29. The second-order valence-electron chi connectivity index (χ2n) is 8.97. The van der Waals surface area contributed by atoms with Gasteiger partial charge in [-0.3, -0.25) is 9.59 Å². The van der Waals surface area contributed by atoms with Crippen molar-refractivity contribution in [2.24, 2.45) is 16.8 Å². The van der Waals surface area contributed by atoms with Gasteiger partial charge in [-0.05, 0) is 49.8 Å². The lowest BCUT2D eigenvalue weighted by molar-refractivity contribution is -0.140. The minimum atomic E-state index is -4.49. The Bertz CT molecular complexity index is 1180. The van der Waals surface area contributed by atoms with Gasteiger partial charge in [0.25, 0.3) is 15.9 Å². The van der Waals surface area contributed by atoms with Crippen LogP contribution in [0.4, 0.5) is 0 Å². The largest absolute Gasteiger partial charge is 0.409 e. The summed E-state index contributed by atoms with van der Waals surface area (Å²) in [5, 5.41) is 13.1. The van der Waals surface area contributed by atoms with E-state index in [4.69, 9.17) is 5.73 Å². The lowest BCUT2D eigenvalue weighted by Crippen LogP contribution is -2.54. The van der Waals surface area contributed by atoms with Crippen LogP contribution in [0.5, 0.6) is 0 Å². The van der Waals surface area contributed by atoms with Crippen LogP contribution in [0, 0.1) is 12.8 Å². The highest BCUT2D eigenvalue weighted by Gasteiger charge is 2.44. The molecule has 2 amide bonds. The number of amidine groups is 1. The number of hydrogen-bond acceptors (Lipinski definition) is 7. The summed E-state index contributed by atoms with van der Waals surface area (Å²) in [5.74, 6) is -1.59. The Hall–Kier alpha value is -3.24. The van der Waals surface area contributed by atoms with E-state index in [2.05, 4.69) is 12.1 Å². The molecule has 3 rings (SSSR count). The molecule has 0 spiro atoms. The van der Waals surface area contributed by atoms with Gasteiger partial charge in [-0.15, -0.1) is 0 Å². The van der Waals surface area contributed by atoms with Gasteiger partial charge >= 0.3 is 0 Å². The van der Waals surface area contributed by atoms with Crippen molar-refractivity contribution in [2.45, 2.75) is 50.1 Å². The third kappa shape index (κ3) is 5.71. The summed E-state index contributed by atoms with van der Waals surface area (Å²) in [6, 6.07) is 11.7. The SMILES string of the molecule is [CH2]c1ccc(C(=NO)N(C(=O)[C@@H]2CCCN2C(=O)C(N)CC(C)C)S(=O)(=O)c2ccccc2)cc1. The number of rotatable bonds is 7. The molecule has 1 aliphatic heterocycles. The molecule has 1 aliphatic rings. The van der Waals surface area contributed by atoms with E-state index in [1.165, 1.54) is 41.3 Å². The fraction of sp³-hybridized carbons (Fsp3) is 0.360. The number of amides is 2. The molecule has 187 valence electrons. The number of hydrogen-bond donors (Lipinski definition) is 2. The molecular formula is C25H31N4O5S. The Morgan fingerprint density at radius 1 is 1.17 bits per heavy atom. The summed E-state index contributed by atoms with van der Waals surface area (Å²) in [6.45, 7) is 7.95. The van der Waals surface area contributed by atoms with Crippen LogP contribution < -0.4 is 5.73 Å². The summed E-state index contributed by atoms with van der Waals surface area (Å²) in [7, 11) is -4.49. The van der Waals surface area contributed by atoms with E-state index < -0.39 is 39.8 Å². The number of nitrogens with two attached hydrogens (primary N) is 1. The third-order valence-electron chi connectivity index (χ3n) is 5.84. The zero-order chi connectivity index (χ0) is 25.8. The Morgan fingerprint density at radius 2 is 1.80 bits per heavy atom. The van der Waals surface area contributed by atoms with E-state index in [1.807, 2.05) is 13.8 Å². The first-order chi connectivity index (χ1) is 16.6. The third-order valence-corrected chi connectivity index (χ3v) is 7.55. The molecule has 1 unspecified atom stereocenters. The number of nitrogens with zero attached hydrogens (tertiary/aromatic N) is 3. The lowest BCUT2D eigenvalue weighted by Gasteiger charge is -2.31. The maximum absolute atomic E-state index is 13.9. The second-order valence-corrected chi connectivity index (χ2v) is 10.8. The van der Waals surface area contributed by atoms with Crippen molar-refractivity contribution in [3.63, 3.8) is 0 Å². The average molecular weight is 500 g/mol. The van der Waals surface area contributed by atoms with Crippen LogP contribution in [0.25, 0.3) is 0 Å². The van der Waals surface area contributed by atoms with Crippen LogP contribution in [0.2, 0.25) is 0 Å². The highest BCUT2D eigenvalue weighted by Crippen LogP contribution is 2.27. The normalized spacial score (nSPS) is 17.5. The first kappa shape index (κ1) is 26.4. The van der Waals surface area contributed by atoms with E-state index in [0.717, 1.165) is 0 Å². The van der Waals surface area contributed by atoms with Crippen LogP contribution >= 0.6 is 0 Å². The van der Waals surface area contributed by atoms with Crippen molar-refractivity contribution in [3.8, 4) is 0 Å². The zero-order valence-electron chi connectivity index (χ0n) is 19.9. The number of sulfonamides is 1. The average Bonchev–Trinajstić information content (AvgIpc) is 3.32. The zero-order valence-corrected chi connectivity index (χ0v) is 20.7. The van der Waals surface area contributed by atoms with E-state index in [-0.39, 0.29) is 29.3 Å². The molecule has 2 atom stereocenters. The molecule has 9 nitrogen and oxygen atoms in total. The number of likely N-dealkylation sites (tertiary alicyclic amines) is 1. The van der Waals surface area contributed by atoms with Crippen molar-refractivity contribution in [2.75, 3.05) is 6.54 Å². The molecule has 0 saturated carbocycles. The maximum Gasteiger partial charge on any atom is 0.272 e. The minimum absolute atomic E-state index is 0.157. The molecule has 10 heteroatoms. The highest BCUT2D eigenvalue weighted by molar-refractivity contribution is 7.90. The number of benzene rings is 2. The van der Waals surface area contributed by atoms with Gasteiger partial charge in [0.15, 0.2) is 5.84 Å². The van der Waals surface area contributed by atoms with Crippen molar-refractivity contribution in [1.29, 1.82) is 0 Å². The molecule has 2 aromatic carbocycles. The van der Waals surface area contributed by atoms with E-state index in [9.17, 15) is 23.2 Å². The fourth-order valence-electron chi connectivity index (χ4n) is 4.15. The van der Waals surface area contributed by atoms with Crippen LogP contribution in [-0.2, 0) is 19.6 Å². The lowest BCUT2D eigenvalue weighted by atomic mass is 10.0. The van der Waals surface area contributed by atoms with Gasteiger partial charge in [0.1, 0.15) is 6.04 Å². The van der Waals surface area contributed by atoms with Crippen LogP contribution in [0.1, 0.15) is 44.2 Å². The van der Waals surface area contributed by atoms with Crippen LogP contribution in [0.3, 0.4) is 0 Å². The van der Waals surface area contributed by atoms with Crippen molar-refractivity contribution < 1.29 is 23.2 Å². The number of carbonyl (C=O) groups is 2. The van der Waals surface area contributed by atoms with Gasteiger partial charge in [0.2, 0.25) is 5.91 Å². The first-order valence-electron chi connectivity index (χ1n) is 11.4. The van der Waals surface area contributed by atoms with Crippen molar-refractivity contribution >= 4 is 27.7 Å². The van der Waals surface area contributed by atoms with E-state index in [0.29, 0.717) is 22.7 Å². The summed E-state index contributed by atoms with van der Waals surface area (Å²) in [5.41, 5.74) is 6.95.